The van der Waals surface area contributed by atoms with E-state index in [1.807, 2.05) is 18.4 Å². The molecular weight excluding hydrogens is 266 g/mol. The molecule has 0 amide bonds. The number of thioether (sulfide) groups is 1. The number of nitrogens with zero attached hydrogens (tertiary/aromatic N) is 1. The summed E-state index contributed by atoms with van der Waals surface area (Å²) in [5.41, 5.74) is 10.3. The Labute approximate surface area is 123 Å². The molecule has 0 unspecified atom stereocenters. The molecule has 0 aromatic heterocycles. The minimum absolute atomic E-state index is 0.134. The summed E-state index contributed by atoms with van der Waals surface area (Å²) in [5.74, 6) is 0.134. The molecule has 0 radical (unpaired) electrons. The maximum atomic E-state index is 7.91. The first-order valence-corrected chi connectivity index (χ1v) is 7.81. The second-order valence-corrected chi connectivity index (χ2v) is 5.65. The van der Waals surface area contributed by atoms with E-state index in [9.17, 15) is 0 Å². The molecule has 1 heterocycles. The number of hydrogen-bond acceptors (Lipinski definition) is 3. The van der Waals surface area contributed by atoms with Crippen LogP contribution >= 0.6 is 11.8 Å². The van der Waals surface area contributed by atoms with Crippen molar-refractivity contribution in [3.05, 3.63) is 53.6 Å². The van der Waals surface area contributed by atoms with Crippen LogP contribution < -0.4 is 10.6 Å². The number of hydrogen-bond donors (Lipinski definition) is 2. The fourth-order valence-electron chi connectivity index (χ4n) is 2.77. The van der Waals surface area contributed by atoms with Gasteiger partial charge in [0.2, 0.25) is 0 Å². The molecule has 0 spiro atoms. The summed E-state index contributed by atoms with van der Waals surface area (Å²) < 4.78 is 0. The van der Waals surface area contributed by atoms with E-state index < -0.39 is 0 Å². The number of nitrogens with two attached hydrogens (primary N) is 1. The molecule has 0 bridgehead atoms. The van der Waals surface area contributed by atoms with Gasteiger partial charge in [-0.3, -0.25) is 5.41 Å². The van der Waals surface area contributed by atoms with Crippen LogP contribution in [0.5, 0.6) is 0 Å². The van der Waals surface area contributed by atoms with Crippen LogP contribution in [0, 0.1) is 5.41 Å². The number of rotatable bonds is 3. The molecule has 3 nitrogen and oxygen atoms in total. The van der Waals surface area contributed by atoms with Gasteiger partial charge in [0, 0.05) is 17.1 Å². The van der Waals surface area contributed by atoms with E-state index in [-0.39, 0.29) is 5.84 Å². The Balaban J connectivity index is 2.15. The molecule has 20 heavy (non-hydrogen) atoms. The Morgan fingerprint density at radius 3 is 2.65 bits per heavy atom. The summed E-state index contributed by atoms with van der Waals surface area (Å²) in [6, 6.07) is 14.6. The van der Waals surface area contributed by atoms with E-state index in [2.05, 4.69) is 35.2 Å². The van der Waals surface area contributed by atoms with Gasteiger partial charge in [0.15, 0.2) is 0 Å². The molecule has 4 heteroatoms. The predicted octanol–water partition coefficient (Wildman–Crippen LogP) is 3.39. The van der Waals surface area contributed by atoms with Crippen LogP contribution in [0.15, 0.2) is 47.4 Å². The van der Waals surface area contributed by atoms with Crippen molar-refractivity contribution in [1.29, 1.82) is 5.41 Å². The predicted molar refractivity (Wildman–Crippen MR) is 86.4 cm³/mol. The maximum absolute atomic E-state index is 7.91. The highest BCUT2D eigenvalue weighted by Gasteiger charge is 2.23. The molecule has 0 atom stereocenters. The van der Waals surface area contributed by atoms with Crippen LogP contribution in [-0.4, -0.2) is 18.6 Å². The highest BCUT2D eigenvalue weighted by molar-refractivity contribution is 7.98. The third-order valence-electron chi connectivity index (χ3n) is 3.67. The summed E-state index contributed by atoms with van der Waals surface area (Å²) >= 11 is 1.63. The van der Waals surface area contributed by atoms with Gasteiger partial charge in [-0.25, -0.2) is 0 Å². The zero-order chi connectivity index (χ0) is 14.1. The van der Waals surface area contributed by atoms with E-state index >= 15 is 0 Å². The van der Waals surface area contributed by atoms with Crippen molar-refractivity contribution in [3.63, 3.8) is 0 Å². The molecule has 3 rings (SSSR count). The Bertz CT molecular complexity index is 667. The molecule has 102 valence electrons. The quantitative estimate of drug-likeness (QED) is 0.516. The minimum Gasteiger partial charge on any atom is -0.384 e. The molecule has 0 saturated carbocycles. The highest BCUT2D eigenvalue weighted by atomic mass is 32.2. The zero-order valence-corrected chi connectivity index (χ0v) is 12.2. The van der Waals surface area contributed by atoms with Crippen molar-refractivity contribution in [2.24, 2.45) is 5.73 Å². The smallest absolute Gasteiger partial charge is 0.126 e. The van der Waals surface area contributed by atoms with Gasteiger partial charge in [-0.05, 0) is 36.4 Å². The molecule has 0 saturated heterocycles. The van der Waals surface area contributed by atoms with Crippen LogP contribution in [0.4, 0.5) is 11.4 Å². The zero-order valence-electron chi connectivity index (χ0n) is 11.4. The summed E-state index contributed by atoms with van der Waals surface area (Å²) in [7, 11) is 0. The molecule has 1 aliphatic rings. The number of nitrogens with one attached hydrogen (secondary N) is 1. The lowest BCUT2D eigenvalue weighted by atomic mass is 10.1. The number of nitrogen functional groups attached to an aromatic ring is 1. The standard InChI is InChI=1S/C16H17N3S/c1-20-14-8-4-7-13(15(14)16(17)18)19-10-9-11-5-2-3-6-12(11)19/h2-8H,9-10H2,1H3,(H3,17,18). The van der Waals surface area contributed by atoms with Crippen LogP contribution in [0.3, 0.4) is 0 Å². The normalized spacial score (nSPS) is 13.3. The Morgan fingerprint density at radius 1 is 1.15 bits per heavy atom. The van der Waals surface area contributed by atoms with Crippen molar-refractivity contribution in [2.45, 2.75) is 11.3 Å². The third kappa shape index (κ3) is 2.06. The summed E-state index contributed by atoms with van der Waals surface area (Å²) in [4.78, 5) is 3.32. The molecule has 3 N–H and O–H groups in total. The summed E-state index contributed by atoms with van der Waals surface area (Å²) in [6.07, 6.45) is 3.06. The van der Waals surface area contributed by atoms with Crippen molar-refractivity contribution in [3.8, 4) is 0 Å². The number of para-hydroxylation sites is 1. The fraction of sp³-hybridized carbons (Fsp3) is 0.188. The second-order valence-electron chi connectivity index (χ2n) is 4.80. The van der Waals surface area contributed by atoms with Gasteiger partial charge in [0.05, 0.1) is 11.3 Å². The Morgan fingerprint density at radius 2 is 1.90 bits per heavy atom. The largest absolute Gasteiger partial charge is 0.384 e. The number of anilines is 2. The van der Waals surface area contributed by atoms with Gasteiger partial charge in [-0.2, -0.15) is 0 Å². The molecule has 0 fully saturated rings. The van der Waals surface area contributed by atoms with Gasteiger partial charge in [0.1, 0.15) is 5.84 Å². The number of fused-ring (bicyclic) bond motifs is 1. The first-order chi connectivity index (χ1) is 9.72. The molecule has 2 aromatic carbocycles. The Hall–Kier alpha value is -1.94. The van der Waals surface area contributed by atoms with Gasteiger partial charge < -0.3 is 10.6 Å². The van der Waals surface area contributed by atoms with Gasteiger partial charge in [-0.1, -0.05) is 24.3 Å². The molecule has 2 aromatic rings. The first kappa shape index (κ1) is 13.1. The van der Waals surface area contributed by atoms with E-state index in [1.54, 1.807) is 11.8 Å². The monoisotopic (exact) mass is 283 g/mol. The van der Waals surface area contributed by atoms with Crippen molar-refractivity contribution in [1.82, 2.24) is 0 Å². The Kier molecular flexibility index (Phi) is 3.40. The van der Waals surface area contributed by atoms with Gasteiger partial charge in [0.25, 0.3) is 0 Å². The summed E-state index contributed by atoms with van der Waals surface area (Å²) in [6.45, 7) is 0.942. The average molecular weight is 283 g/mol. The lowest BCUT2D eigenvalue weighted by molar-refractivity contribution is 0.993. The lowest BCUT2D eigenvalue weighted by Crippen LogP contribution is -2.21. The third-order valence-corrected chi connectivity index (χ3v) is 4.45. The van der Waals surface area contributed by atoms with Crippen LogP contribution in [0.1, 0.15) is 11.1 Å². The first-order valence-electron chi connectivity index (χ1n) is 6.59. The highest BCUT2D eigenvalue weighted by Crippen LogP contribution is 2.38. The van der Waals surface area contributed by atoms with E-state index in [1.165, 1.54) is 11.3 Å². The average Bonchev–Trinajstić information content (AvgIpc) is 2.90. The van der Waals surface area contributed by atoms with Gasteiger partial charge >= 0.3 is 0 Å². The van der Waals surface area contributed by atoms with Crippen molar-refractivity contribution < 1.29 is 0 Å². The van der Waals surface area contributed by atoms with Crippen LogP contribution in [0.2, 0.25) is 0 Å². The lowest BCUT2D eigenvalue weighted by Gasteiger charge is -2.23. The fourth-order valence-corrected chi connectivity index (χ4v) is 3.41. The van der Waals surface area contributed by atoms with E-state index in [0.29, 0.717) is 0 Å². The van der Waals surface area contributed by atoms with Crippen LogP contribution in [0.25, 0.3) is 0 Å². The van der Waals surface area contributed by atoms with E-state index in [0.717, 1.165) is 29.1 Å². The minimum atomic E-state index is 0.134. The topological polar surface area (TPSA) is 53.1 Å². The van der Waals surface area contributed by atoms with E-state index in [4.69, 9.17) is 11.1 Å². The van der Waals surface area contributed by atoms with Gasteiger partial charge in [-0.15, -0.1) is 11.8 Å². The molecule has 0 aliphatic carbocycles. The van der Waals surface area contributed by atoms with Crippen molar-refractivity contribution in [2.75, 3.05) is 17.7 Å². The second kappa shape index (κ2) is 5.21. The number of benzene rings is 2. The maximum Gasteiger partial charge on any atom is 0.126 e. The molecular formula is C16H17N3S. The van der Waals surface area contributed by atoms with Crippen LogP contribution in [-0.2, 0) is 6.42 Å². The number of amidine groups is 1. The van der Waals surface area contributed by atoms with Crippen molar-refractivity contribution >= 4 is 29.0 Å². The SMILES string of the molecule is CSc1cccc(N2CCc3ccccc32)c1C(=N)N. The summed E-state index contributed by atoms with van der Waals surface area (Å²) in [5, 5.41) is 7.91. The molecule has 1 aliphatic heterocycles.